The minimum Gasteiger partial charge on any atom is -0.372 e. The lowest BCUT2D eigenvalue weighted by Gasteiger charge is -2.09. The molecule has 0 fully saturated rings. The predicted molar refractivity (Wildman–Crippen MR) is 73.1 cm³/mol. The van der Waals surface area contributed by atoms with E-state index in [0.717, 1.165) is 23.0 Å². The molecule has 2 N–H and O–H groups in total. The van der Waals surface area contributed by atoms with Gasteiger partial charge in [0.05, 0.1) is 18.4 Å². The first-order valence-corrected chi connectivity index (χ1v) is 6.00. The van der Waals surface area contributed by atoms with Gasteiger partial charge in [0, 0.05) is 32.7 Å². The van der Waals surface area contributed by atoms with E-state index in [4.69, 9.17) is 0 Å². The summed E-state index contributed by atoms with van der Waals surface area (Å²) in [5.74, 6) is 1.54. The molecule has 3 aromatic rings. The molecule has 98 valence electrons. The van der Waals surface area contributed by atoms with Crippen molar-refractivity contribution in [3.8, 4) is 0 Å². The molecule has 7 nitrogen and oxygen atoms in total. The Balaban J connectivity index is 1.91. The standard InChI is InChI=1S/C12H15N7/c1-13-10-8-19-6-5-14-12(19)11(17-10)15-7-9-3-4-16-18(9)2/h3-6,8,13H,7H2,1-2H3,(H,15,17). The molecule has 0 amide bonds. The van der Waals surface area contributed by atoms with Gasteiger partial charge in [0.25, 0.3) is 0 Å². The molecule has 0 aliphatic rings. The number of nitrogens with zero attached hydrogens (tertiary/aromatic N) is 5. The summed E-state index contributed by atoms with van der Waals surface area (Å²) >= 11 is 0. The second-order valence-electron chi connectivity index (χ2n) is 4.18. The number of hydrogen-bond donors (Lipinski definition) is 2. The normalized spacial score (nSPS) is 10.8. The van der Waals surface area contributed by atoms with Crippen LogP contribution in [0.5, 0.6) is 0 Å². The number of aromatic nitrogens is 5. The Morgan fingerprint density at radius 1 is 1.32 bits per heavy atom. The molecule has 7 heteroatoms. The van der Waals surface area contributed by atoms with E-state index >= 15 is 0 Å². The summed E-state index contributed by atoms with van der Waals surface area (Å²) in [7, 11) is 3.76. The molecule has 0 aromatic carbocycles. The number of fused-ring (bicyclic) bond motifs is 1. The number of rotatable bonds is 4. The van der Waals surface area contributed by atoms with E-state index in [1.54, 1.807) is 12.4 Å². The van der Waals surface area contributed by atoms with Crippen molar-refractivity contribution in [2.75, 3.05) is 17.7 Å². The number of nitrogens with one attached hydrogen (secondary N) is 2. The molecule has 19 heavy (non-hydrogen) atoms. The third-order valence-electron chi connectivity index (χ3n) is 2.99. The van der Waals surface area contributed by atoms with Crippen LogP contribution in [0.3, 0.4) is 0 Å². The minimum absolute atomic E-state index is 0.652. The van der Waals surface area contributed by atoms with Crippen molar-refractivity contribution in [3.05, 3.63) is 36.5 Å². The summed E-state index contributed by atoms with van der Waals surface area (Å²) < 4.78 is 3.77. The smallest absolute Gasteiger partial charge is 0.180 e. The Bertz CT molecular complexity index is 697. The summed E-state index contributed by atoms with van der Waals surface area (Å²) in [6.45, 7) is 0.652. The Labute approximate surface area is 110 Å². The van der Waals surface area contributed by atoms with Crippen molar-refractivity contribution >= 4 is 17.3 Å². The summed E-state index contributed by atoms with van der Waals surface area (Å²) in [4.78, 5) is 8.79. The highest BCUT2D eigenvalue weighted by Gasteiger charge is 2.07. The van der Waals surface area contributed by atoms with Gasteiger partial charge in [-0.05, 0) is 6.07 Å². The van der Waals surface area contributed by atoms with Gasteiger partial charge in [0.2, 0.25) is 0 Å². The van der Waals surface area contributed by atoms with Gasteiger partial charge in [-0.1, -0.05) is 0 Å². The maximum atomic E-state index is 4.49. The van der Waals surface area contributed by atoms with Gasteiger partial charge in [-0.15, -0.1) is 0 Å². The first kappa shape index (κ1) is 11.5. The van der Waals surface area contributed by atoms with E-state index in [0.29, 0.717) is 6.54 Å². The van der Waals surface area contributed by atoms with E-state index in [1.165, 1.54) is 0 Å². The molecule has 0 atom stereocenters. The van der Waals surface area contributed by atoms with Gasteiger partial charge in [-0.25, -0.2) is 9.97 Å². The van der Waals surface area contributed by atoms with Crippen LogP contribution in [-0.4, -0.2) is 31.2 Å². The van der Waals surface area contributed by atoms with Crippen LogP contribution in [0.2, 0.25) is 0 Å². The summed E-state index contributed by atoms with van der Waals surface area (Å²) in [5.41, 5.74) is 1.89. The third kappa shape index (κ3) is 2.10. The van der Waals surface area contributed by atoms with Crippen LogP contribution in [0.4, 0.5) is 11.6 Å². The zero-order valence-corrected chi connectivity index (χ0v) is 10.8. The monoisotopic (exact) mass is 257 g/mol. The Kier molecular flexibility index (Phi) is 2.79. The molecule has 0 bridgehead atoms. The molecule has 0 radical (unpaired) electrons. The lowest BCUT2D eigenvalue weighted by Crippen LogP contribution is -2.09. The minimum atomic E-state index is 0.652. The Morgan fingerprint density at radius 2 is 2.21 bits per heavy atom. The van der Waals surface area contributed by atoms with Crippen molar-refractivity contribution in [3.63, 3.8) is 0 Å². The second kappa shape index (κ2) is 4.60. The fourth-order valence-electron chi connectivity index (χ4n) is 1.92. The van der Waals surface area contributed by atoms with Gasteiger partial charge in [0.15, 0.2) is 11.5 Å². The lowest BCUT2D eigenvalue weighted by molar-refractivity contribution is 0.720. The van der Waals surface area contributed by atoms with Crippen molar-refractivity contribution in [2.24, 2.45) is 7.05 Å². The number of anilines is 2. The predicted octanol–water partition coefficient (Wildman–Crippen LogP) is 1.12. The molecular formula is C12H15N7. The van der Waals surface area contributed by atoms with Crippen molar-refractivity contribution in [1.29, 1.82) is 0 Å². The Hall–Kier alpha value is -2.57. The first-order chi connectivity index (χ1) is 9.28. The molecule has 0 saturated carbocycles. The number of hydrogen-bond acceptors (Lipinski definition) is 5. The van der Waals surface area contributed by atoms with E-state index in [-0.39, 0.29) is 0 Å². The highest BCUT2D eigenvalue weighted by molar-refractivity contribution is 5.65. The maximum absolute atomic E-state index is 4.49. The van der Waals surface area contributed by atoms with Crippen LogP contribution in [0.25, 0.3) is 5.65 Å². The molecule has 3 aromatic heterocycles. The molecular weight excluding hydrogens is 242 g/mol. The van der Waals surface area contributed by atoms with Crippen LogP contribution >= 0.6 is 0 Å². The number of imidazole rings is 1. The summed E-state index contributed by atoms with van der Waals surface area (Å²) in [5, 5.41) is 10.5. The van der Waals surface area contributed by atoms with Gasteiger partial charge in [-0.3, -0.25) is 4.68 Å². The van der Waals surface area contributed by atoms with E-state index < -0.39 is 0 Å². The van der Waals surface area contributed by atoms with Gasteiger partial charge < -0.3 is 15.0 Å². The molecule has 0 aliphatic heterocycles. The van der Waals surface area contributed by atoms with Crippen molar-refractivity contribution in [2.45, 2.75) is 6.54 Å². The van der Waals surface area contributed by atoms with Crippen LogP contribution in [0.1, 0.15) is 5.69 Å². The highest BCUT2D eigenvalue weighted by atomic mass is 15.3. The highest BCUT2D eigenvalue weighted by Crippen LogP contribution is 2.16. The van der Waals surface area contributed by atoms with Gasteiger partial charge in [-0.2, -0.15) is 5.10 Å². The quantitative estimate of drug-likeness (QED) is 0.732. The summed E-state index contributed by atoms with van der Waals surface area (Å²) in [6, 6.07) is 1.97. The largest absolute Gasteiger partial charge is 0.372 e. The van der Waals surface area contributed by atoms with Crippen LogP contribution in [-0.2, 0) is 13.6 Å². The fourth-order valence-corrected chi connectivity index (χ4v) is 1.92. The molecule has 0 saturated heterocycles. The molecule has 0 unspecified atom stereocenters. The molecule has 0 spiro atoms. The summed E-state index contributed by atoms with van der Waals surface area (Å²) in [6.07, 6.45) is 7.33. The van der Waals surface area contributed by atoms with Crippen LogP contribution in [0.15, 0.2) is 30.9 Å². The van der Waals surface area contributed by atoms with E-state index in [9.17, 15) is 0 Å². The SMILES string of the molecule is CNc1cn2ccnc2c(NCc2ccnn2C)n1. The second-order valence-corrected chi connectivity index (χ2v) is 4.18. The van der Waals surface area contributed by atoms with Crippen LogP contribution in [0, 0.1) is 0 Å². The van der Waals surface area contributed by atoms with Gasteiger partial charge >= 0.3 is 0 Å². The Morgan fingerprint density at radius 3 is 2.95 bits per heavy atom. The van der Waals surface area contributed by atoms with Crippen molar-refractivity contribution < 1.29 is 0 Å². The average Bonchev–Trinajstić information content (AvgIpc) is 3.04. The fraction of sp³-hybridized carbons (Fsp3) is 0.250. The topological polar surface area (TPSA) is 72.1 Å². The first-order valence-electron chi connectivity index (χ1n) is 6.00. The molecule has 3 rings (SSSR count). The zero-order chi connectivity index (χ0) is 13.2. The van der Waals surface area contributed by atoms with Crippen LogP contribution < -0.4 is 10.6 Å². The van der Waals surface area contributed by atoms with E-state index in [1.807, 2.05) is 41.6 Å². The maximum Gasteiger partial charge on any atom is 0.180 e. The number of aryl methyl sites for hydroxylation is 1. The van der Waals surface area contributed by atoms with Crippen molar-refractivity contribution in [1.82, 2.24) is 24.1 Å². The molecule has 0 aliphatic carbocycles. The lowest BCUT2D eigenvalue weighted by atomic mass is 10.4. The van der Waals surface area contributed by atoms with Gasteiger partial charge in [0.1, 0.15) is 5.82 Å². The molecule has 3 heterocycles. The average molecular weight is 257 g/mol. The zero-order valence-electron chi connectivity index (χ0n) is 10.8. The third-order valence-corrected chi connectivity index (χ3v) is 2.99. The van der Waals surface area contributed by atoms with E-state index in [2.05, 4.69) is 25.7 Å².